The fourth-order valence-corrected chi connectivity index (χ4v) is 1.94. The van der Waals surface area contributed by atoms with Gasteiger partial charge in [0.05, 0.1) is 13.2 Å². The maximum atomic E-state index is 13.9. The van der Waals surface area contributed by atoms with Crippen LogP contribution >= 0.6 is 0 Å². The van der Waals surface area contributed by atoms with Crippen LogP contribution in [-0.4, -0.2) is 12.2 Å². The van der Waals surface area contributed by atoms with Crippen LogP contribution in [0.15, 0.2) is 42.5 Å². The molecule has 0 spiro atoms. The zero-order valence-electron chi connectivity index (χ0n) is 10.4. The molecule has 0 saturated heterocycles. The Morgan fingerprint density at radius 3 is 2.53 bits per heavy atom. The van der Waals surface area contributed by atoms with Gasteiger partial charge in [0.2, 0.25) is 0 Å². The summed E-state index contributed by atoms with van der Waals surface area (Å²) in [5.41, 5.74) is 0.444. The number of hydrogen-bond donors (Lipinski definition) is 1. The average Bonchev–Trinajstić information content (AvgIpc) is 2.41. The standard InChI is InChI=1S/C15H14F2O2/c1-19-14-8-4-5-10(15(14)17)9-13(18)11-6-2-3-7-12(11)16/h2-8,13,18H,9H2,1H3. The molecule has 0 heterocycles. The quantitative estimate of drug-likeness (QED) is 0.918. The minimum absolute atomic E-state index is 0.00995. The average molecular weight is 264 g/mol. The molecule has 0 aliphatic rings. The van der Waals surface area contributed by atoms with Crippen LogP contribution in [0.5, 0.6) is 5.75 Å². The van der Waals surface area contributed by atoms with Crippen LogP contribution in [-0.2, 0) is 6.42 Å². The van der Waals surface area contributed by atoms with Crippen molar-refractivity contribution >= 4 is 0 Å². The third kappa shape index (κ3) is 2.90. The van der Waals surface area contributed by atoms with Crippen molar-refractivity contribution < 1.29 is 18.6 Å². The molecule has 2 rings (SSSR count). The molecule has 0 aliphatic carbocycles. The molecule has 0 bridgehead atoms. The normalized spacial score (nSPS) is 12.2. The van der Waals surface area contributed by atoms with Gasteiger partial charge in [-0.25, -0.2) is 8.78 Å². The van der Waals surface area contributed by atoms with E-state index in [4.69, 9.17) is 4.74 Å². The summed E-state index contributed by atoms with van der Waals surface area (Å²) in [6.07, 6.45) is -1.10. The Labute approximate surface area is 110 Å². The first kappa shape index (κ1) is 13.5. The number of halogens is 2. The summed E-state index contributed by atoms with van der Waals surface area (Å²) in [6.45, 7) is 0. The number of aliphatic hydroxyl groups excluding tert-OH is 1. The Morgan fingerprint density at radius 1 is 1.11 bits per heavy atom. The lowest BCUT2D eigenvalue weighted by Gasteiger charge is -2.13. The van der Waals surface area contributed by atoms with Gasteiger partial charge < -0.3 is 9.84 Å². The fraction of sp³-hybridized carbons (Fsp3) is 0.200. The van der Waals surface area contributed by atoms with Crippen LogP contribution in [0.25, 0.3) is 0 Å². The molecule has 1 unspecified atom stereocenters. The summed E-state index contributed by atoms with van der Waals surface area (Å²) in [7, 11) is 1.37. The highest BCUT2D eigenvalue weighted by Gasteiger charge is 2.16. The van der Waals surface area contributed by atoms with Gasteiger partial charge in [0.15, 0.2) is 11.6 Å². The Bertz CT molecular complexity index is 570. The summed E-state index contributed by atoms with van der Waals surface area (Å²) >= 11 is 0. The van der Waals surface area contributed by atoms with Crippen LogP contribution in [0.3, 0.4) is 0 Å². The Hall–Kier alpha value is -1.94. The van der Waals surface area contributed by atoms with E-state index in [0.29, 0.717) is 0 Å². The van der Waals surface area contributed by atoms with Gasteiger partial charge in [-0.3, -0.25) is 0 Å². The predicted molar refractivity (Wildman–Crippen MR) is 68.0 cm³/mol. The van der Waals surface area contributed by atoms with Crippen LogP contribution in [0.2, 0.25) is 0 Å². The summed E-state index contributed by atoms with van der Waals surface area (Å²) in [5.74, 6) is -0.920. The third-order valence-electron chi connectivity index (χ3n) is 2.94. The number of methoxy groups -OCH3 is 1. The Morgan fingerprint density at radius 2 is 1.84 bits per heavy atom. The molecule has 0 amide bonds. The minimum atomic E-state index is -1.09. The van der Waals surface area contributed by atoms with Crippen LogP contribution in [0.1, 0.15) is 17.2 Å². The van der Waals surface area contributed by atoms with E-state index >= 15 is 0 Å². The van der Waals surface area contributed by atoms with Crippen molar-refractivity contribution in [1.29, 1.82) is 0 Å². The second-order valence-electron chi connectivity index (χ2n) is 4.17. The first-order valence-corrected chi connectivity index (χ1v) is 5.87. The zero-order chi connectivity index (χ0) is 13.8. The second kappa shape index (κ2) is 5.80. The molecule has 0 fully saturated rings. The molecule has 2 nitrogen and oxygen atoms in total. The van der Waals surface area contributed by atoms with Crippen LogP contribution < -0.4 is 4.74 Å². The minimum Gasteiger partial charge on any atom is -0.494 e. The smallest absolute Gasteiger partial charge is 0.168 e. The van der Waals surface area contributed by atoms with Crippen molar-refractivity contribution in [2.24, 2.45) is 0 Å². The Balaban J connectivity index is 2.24. The highest BCUT2D eigenvalue weighted by Crippen LogP contribution is 2.26. The van der Waals surface area contributed by atoms with E-state index in [2.05, 4.69) is 0 Å². The summed E-state index contributed by atoms with van der Waals surface area (Å²) in [4.78, 5) is 0. The van der Waals surface area contributed by atoms with Gasteiger partial charge in [-0.15, -0.1) is 0 Å². The number of hydrogen-bond acceptors (Lipinski definition) is 2. The summed E-state index contributed by atoms with van der Waals surface area (Å²) < 4.78 is 32.3. The van der Waals surface area contributed by atoms with E-state index in [1.165, 1.54) is 31.4 Å². The molecular weight excluding hydrogens is 250 g/mol. The molecule has 1 atom stereocenters. The van der Waals surface area contributed by atoms with Gasteiger partial charge >= 0.3 is 0 Å². The van der Waals surface area contributed by atoms with E-state index in [0.717, 1.165) is 0 Å². The molecule has 4 heteroatoms. The fourth-order valence-electron chi connectivity index (χ4n) is 1.94. The van der Waals surface area contributed by atoms with Gasteiger partial charge in [0, 0.05) is 12.0 Å². The highest BCUT2D eigenvalue weighted by molar-refractivity contribution is 5.32. The summed E-state index contributed by atoms with van der Waals surface area (Å²) in [6, 6.07) is 10.6. The maximum absolute atomic E-state index is 13.9. The van der Waals surface area contributed by atoms with Gasteiger partial charge in [-0.1, -0.05) is 30.3 Å². The lowest BCUT2D eigenvalue weighted by molar-refractivity contribution is 0.172. The molecule has 0 radical (unpaired) electrons. The first-order chi connectivity index (χ1) is 9.13. The van der Waals surface area contributed by atoms with Crippen molar-refractivity contribution in [3.63, 3.8) is 0 Å². The first-order valence-electron chi connectivity index (χ1n) is 5.87. The molecule has 0 saturated carbocycles. The second-order valence-corrected chi connectivity index (χ2v) is 4.17. The molecule has 2 aromatic rings. The number of rotatable bonds is 4. The molecule has 2 aromatic carbocycles. The molecular formula is C15H14F2O2. The predicted octanol–water partition coefficient (Wildman–Crippen LogP) is 3.25. The number of aliphatic hydroxyl groups is 1. The lowest BCUT2D eigenvalue weighted by Crippen LogP contribution is -2.06. The van der Waals surface area contributed by atoms with Crippen molar-refractivity contribution in [2.75, 3.05) is 7.11 Å². The van der Waals surface area contributed by atoms with E-state index in [1.807, 2.05) is 0 Å². The molecule has 1 N–H and O–H groups in total. The zero-order valence-corrected chi connectivity index (χ0v) is 10.4. The maximum Gasteiger partial charge on any atom is 0.168 e. The largest absolute Gasteiger partial charge is 0.494 e. The number of benzene rings is 2. The Kier molecular flexibility index (Phi) is 4.12. The van der Waals surface area contributed by atoms with Crippen molar-refractivity contribution in [3.05, 3.63) is 65.2 Å². The molecule has 100 valence electrons. The topological polar surface area (TPSA) is 29.5 Å². The lowest BCUT2D eigenvalue weighted by atomic mass is 10.0. The van der Waals surface area contributed by atoms with Gasteiger partial charge in [0.1, 0.15) is 5.82 Å². The molecule has 19 heavy (non-hydrogen) atoms. The van der Waals surface area contributed by atoms with Crippen molar-refractivity contribution in [3.8, 4) is 5.75 Å². The summed E-state index contributed by atoms with van der Waals surface area (Å²) in [5, 5.41) is 10.00. The van der Waals surface area contributed by atoms with Crippen molar-refractivity contribution in [1.82, 2.24) is 0 Å². The SMILES string of the molecule is COc1cccc(CC(O)c2ccccc2F)c1F. The van der Waals surface area contributed by atoms with Gasteiger partial charge in [-0.05, 0) is 17.7 Å². The monoisotopic (exact) mass is 264 g/mol. The van der Waals surface area contributed by atoms with Gasteiger partial charge in [-0.2, -0.15) is 0 Å². The van der Waals surface area contributed by atoms with Crippen molar-refractivity contribution in [2.45, 2.75) is 12.5 Å². The van der Waals surface area contributed by atoms with E-state index in [9.17, 15) is 13.9 Å². The van der Waals surface area contributed by atoms with Gasteiger partial charge in [0.25, 0.3) is 0 Å². The van der Waals surface area contributed by atoms with Crippen LogP contribution in [0.4, 0.5) is 8.78 Å². The molecule has 0 aromatic heterocycles. The highest BCUT2D eigenvalue weighted by atomic mass is 19.1. The third-order valence-corrected chi connectivity index (χ3v) is 2.94. The molecule has 0 aliphatic heterocycles. The van der Waals surface area contributed by atoms with Crippen LogP contribution in [0, 0.1) is 11.6 Å². The number of ether oxygens (including phenoxy) is 1. The van der Waals surface area contributed by atoms with E-state index < -0.39 is 17.7 Å². The van der Waals surface area contributed by atoms with E-state index in [1.54, 1.807) is 18.2 Å². The van der Waals surface area contributed by atoms with E-state index in [-0.39, 0.29) is 23.3 Å².